The first-order valence-corrected chi connectivity index (χ1v) is 7.30. The summed E-state index contributed by atoms with van der Waals surface area (Å²) in [6.07, 6.45) is 0.520. The molecule has 1 fully saturated rings. The molecule has 0 saturated heterocycles. The molecule has 2 nitrogen and oxygen atoms in total. The zero-order chi connectivity index (χ0) is 17.7. The van der Waals surface area contributed by atoms with E-state index in [4.69, 9.17) is 23.2 Å². The van der Waals surface area contributed by atoms with Gasteiger partial charge in [-0.25, -0.2) is 17.6 Å². The molecule has 23 heavy (non-hydrogen) atoms. The topological polar surface area (TPSA) is 37.3 Å². The van der Waals surface area contributed by atoms with Gasteiger partial charge in [0.15, 0.2) is 23.3 Å². The standard InChI is InChI=1S/C15H12Cl2F4O2/c1-14(2)9(4-10(16)17)15(14,13(22)23)5-6-11(20)7(18)3-8(19)12(6)21/h3-4,9H,5H2,1-2H3,(H,22,23)/t9-,15+/m0/s1. The maximum atomic E-state index is 13.9. The van der Waals surface area contributed by atoms with E-state index in [-0.39, 0.29) is 10.6 Å². The lowest BCUT2D eigenvalue weighted by Gasteiger charge is -2.17. The van der Waals surface area contributed by atoms with E-state index < -0.39 is 58.0 Å². The lowest BCUT2D eigenvalue weighted by Crippen LogP contribution is -2.26. The van der Waals surface area contributed by atoms with Crippen LogP contribution in [0, 0.1) is 40.0 Å². The molecule has 126 valence electrons. The van der Waals surface area contributed by atoms with Gasteiger partial charge < -0.3 is 5.11 Å². The molecule has 1 aromatic carbocycles. The van der Waals surface area contributed by atoms with Gasteiger partial charge in [-0.3, -0.25) is 4.79 Å². The molecule has 0 bridgehead atoms. The van der Waals surface area contributed by atoms with Gasteiger partial charge in [0.25, 0.3) is 0 Å². The Kier molecular flexibility index (Phi) is 4.45. The average molecular weight is 371 g/mol. The summed E-state index contributed by atoms with van der Waals surface area (Å²) in [5.41, 5.74) is -3.58. The molecule has 0 aliphatic heterocycles. The van der Waals surface area contributed by atoms with Gasteiger partial charge in [0.1, 0.15) is 4.49 Å². The van der Waals surface area contributed by atoms with Crippen molar-refractivity contribution in [2.75, 3.05) is 0 Å². The van der Waals surface area contributed by atoms with Crippen LogP contribution in [0.5, 0.6) is 0 Å². The number of allylic oxidation sites excluding steroid dienone is 1. The number of carboxylic acids is 1. The van der Waals surface area contributed by atoms with Gasteiger partial charge >= 0.3 is 5.97 Å². The Bertz CT molecular complexity index is 688. The van der Waals surface area contributed by atoms with Crippen LogP contribution in [-0.2, 0) is 11.2 Å². The van der Waals surface area contributed by atoms with Crippen LogP contribution >= 0.6 is 23.2 Å². The molecule has 8 heteroatoms. The van der Waals surface area contributed by atoms with Crippen LogP contribution in [0.15, 0.2) is 16.6 Å². The predicted octanol–water partition coefficient (Wildman–Crippen LogP) is 4.83. The summed E-state index contributed by atoms with van der Waals surface area (Å²) in [4.78, 5) is 11.7. The Morgan fingerprint density at radius 3 is 2.09 bits per heavy atom. The third-order valence-corrected chi connectivity index (χ3v) is 4.96. The van der Waals surface area contributed by atoms with E-state index in [0.717, 1.165) is 0 Å². The highest BCUT2D eigenvalue weighted by molar-refractivity contribution is 6.55. The Labute approximate surface area is 139 Å². The van der Waals surface area contributed by atoms with E-state index in [1.54, 1.807) is 13.8 Å². The van der Waals surface area contributed by atoms with E-state index in [2.05, 4.69) is 0 Å². The summed E-state index contributed by atoms with van der Waals surface area (Å²) >= 11 is 11.1. The first-order valence-electron chi connectivity index (χ1n) is 6.55. The zero-order valence-electron chi connectivity index (χ0n) is 12.1. The summed E-state index contributed by atoms with van der Waals surface area (Å²) in [5, 5.41) is 9.56. The fourth-order valence-electron chi connectivity index (χ4n) is 3.25. The van der Waals surface area contributed by atoms with Crippen LogP contribution in [0.4, 0.5) is 17.6 Å². The summed E-state index contributed by atoms with van der Waals surface area (Å²) in [6, 6.07) is 0.0761. The molecular weight excluding hydrogens is 359 g/mol. The number of carbonyl (C=O) groups is 1. The number of carboxylic acid groups (broad SMARTS) is 1. The maximum Gasteiger partial charge on any atom is 0.311 e. The van der Waals surface area contributed by atoms with Crippen LogP contribution < -0.4 is 0 Å². The van der Waals surface area contributed by atoms with Gasteiger partial charge in [-0.1, -0.05) is 37.0 Å². The Morgan fingerprint density at radius 1 is 1.22 bits per heavy atom. The van der Waals surface area contributed by atoms with Crippen molar-refractivity contribution in [2.45, 2.75) is 20.3 Å². The minimum atomic E-state index is -1.68. The first-order chi connectivity index (χ1) is 10.5. The van der Waals surface area contributed by atoms with Crippen molar-refractivity contribution < 1.29 is 27.5 Å². The third-order valence-electron chi connectivity index (χ3n) is 4.71. The molecule has 0 aromatic heterocycles. The summed E-state index contributed by atoms with van der Waals surface area (Å²) < 4.78 is 54.2. The van der Waals surface area contributed by atoms with E-state index in [9.17, 15) is 27.5 Å². The molecule has 1 aromatic rings. The number of halogens is 6. The molecule has 2 rings (SSSR count). The minimum Gasteiger partial charge on any atom is -0.481 e. The number of aliphatic carboxylic acids is 1. The largest absolute Gasteiger partial charge is 0.481 e. The highest BCUT2D eigenvalue weighted by Crippen LogP contribution is 2.71. The number of benzene rings is 1. The molecule has 0 unspecified atom stereocenters. The van der Waals surface area contributed by atoms with Gasteiger partial charge in [0, 0.05) is 17.5 Å². The summed E-state index contributed by atoms with van der Waals surface area (Å²) in [6.45, 7) is 3.09. The molecule has 1 aliphatic rings. The normalized spacial score (nSPS) is 25.1. The first kappa shape index (κ1) is 18.1. The molecule has 0 spiro atoms. The summed E-state index contributed by atoms with van der Waals surface area (Å²) in [7, 11) is 0. The SMILES string of the molecule is CC1(C)[C@H](C=C(Cl)Cl)[C@]1(Cc1c(F)c(F)cc(F)c1F)C(=O)O. The highest BCUT2D eigenvalue weighted by Gasteiger charge is 2.74. The number of hydrogen-bond acceptors (Lipinski definition) is 1. The Balaban J connectivity index is 2.57. The zero-order valence-corrected chi connectivity index (χ0v) is 13.6. The van der Waals surface area contributed by atoms with Crippen LogP contribution in [0.25, 0.3) is 0 Å². The number of hydrogen-bond donors (Lipinski definition) is 1. The highest BCUT2D eigenvalue weighted by atomic mass is 35.5. The average Bonchev–Trinajstić information content (AvgIpc) is 2.88. The van der Waals surface area contributed by atoms with Crippen molar-refractivity contribution in [3.63, 3.8) is 0 Å². The molecule has 1 aliphatic carbocycles. The van der Waals surface area contributed by atoms with Crippen LogP contribution in [0.3, 0.4) is 0 Å². The van der Waals surface area contributed by atoms with Crippen molar-refractivity contribution in [3.05, 3.63) is 45.5 Å². The quantitative estimate of drug-likeness (QED) is 0.608. The van der Waals surface area contributed by atoms with Gasteiger partial charge in [-0.05, 0) is 17.9 Å². The second-order valence-electron chi connectivity index (χ2n) is 6.06. The molecule has 1 N–H and O–H groups in total. The Morgan fingerprint density at radius 2 is 1.70 bits per heavy atom. The van der Waals surface area contributed by atoms with Crippen molar-refractivity contribution in [2.24, 2.45) is 16.7 Å². The lowest BCUT2D eigenvalue weighted by atomic mass is 9.88. The monoisotopic (exact) mass is 370 g/mol. The molecule has 2 atom stereocenters. The molecular formula is C15H12Cl2F4O2. The smallest absolute Gasteiger partial charge is 0.311 e. The van der Waals surface area contributed by atoms with E-state index in [1.165, 1.54) is 6.08 Å². The van der Waals surface area contributed by atoms with Crippen molar-refractivity contribution >= 4 is 29.2 Å². The number of rotatable bonds is 4. The fraction of sp³-hybridized carbons (Fsp3) is 0.400. The van der Waals surface area contributed by atoms with E-state index in [1.807, 2.05) is 0 Å². The molecule has 0 radical (unpaired) electrons. The lowest BCUT2D eigenvalue weighted by molar-refractivity contribution is -0.145. The van der Waals surface area contributed by atoms with Crippen LogP contribution in [0.2, 0.25) is 0 Å². The predicted molar refractivity (Wildman–Crippen MR) is 77.1 cm³/mol. The van der Waals surface area contributed by atoms with Gasteiger partial charge in [-0.15, -0.1) is 0 Å². The Hall–Kier alpha value is -1.27. The fourth-order valence-corrected chi connectivity index (χ4v) is 3.50. The molecule has 0 heterocycles. The van der Waals surface area contributed by atoms with Gasteiger partial charge in [-0.2, -0.15) is 0 Å². The van der Waals surface area contributed by atoms with E-state index in [0.29, 0.717) is 0 Å². The maximum absolute atomic E-state index is 13.9. The van der Waals surface area contributed by atoms with Gasteiger partial charge in [0.05, 0.1) is 5.41 Å². The summed E-state index contributed by atoms with van der Waals surface area (Å²) in [5.74, 6) is -8.48. The third kappa shape index (κ3) is 2.62. The van der Waals surface area contributed by atoms with Crippen molar-refractivity contribution in [3.8, 4) is 0 Å². The van der Waals surface area contributed by atoms with E-state index >= 15 is 0 Å². The van der Waals surface area contributed by atoms with Crippen molar-refractivity contribution in [1.29, 1.82) is 0 Å². The van der Waals surface area contributed by atoms with Crippen LogP contribution in [0.1, 0.15) is 19.4 Å². The minimum absolute atomic E-state index is 0.0761. The second-order valence-corrected chi connectivity index (χ2v) is 7.06. The molecule has 0 amide bonds. The van der Waals surface area contributed by atoms with Gasteiger partial charge in [0.2, 0.25) is 0 Å². The van der Waals surface area contributed by atoms with Crippen LogP contribution in [-0.4, -0.2) is 11.1 Å². The molecule has 1 saturated carbocycles. The van der Waals surface area contributed by atoms with Crippen molar-refractivity contribution in [1.82, 2.24) is 0 Å². The second kappa shape index (κ2) is 5.67.